The number of carboxylic acids is 1. The van der Waals surface area contributed by atoms with E-state index in [0.717, 1.165) is 32.7 Å². The predicted octanol–water partition coefficient (Wildman–Crippen LogP) is -0.308. The van der Waals surface area contributed by atoms with Gasteiger partial charge in [0.15, 0.2) is 0 Å². The number of carbonyl (C=O) groups excluding carboxylic acids is 1. The Morgan fingerprint density at radius 3 is 2.65 bits per heavy atom. The second-order valence-corrected chi connectivity index (χ2v) is 5.27. The highest BCUT2D eigenvalue weighted by molar-refractivity contribution is 5.73. The average molecular weight is 286 g/mol. The molecule has 1 saturated heterocycles. The zero-order valence-electron chi connectivity index (χ0n) is 12.2. The third-order valence-electron chi connectivity index (χ3n) is 3.39. The number of hydrogen-bond donors (Lipinski definition) is 4. The van der Waals surface area contributed by atoms with Gasteiger partial charge in [-0.1, -0.05) is 6.92 Å². The van der Waals surface area contributed by atoms with Crippen LogP contribution in [0.25, 0.3) is 0 Å². The van der Waals surface area contributed by atoms with E-state index in [4.69, 9.17) is 5.11 Å². The van der Waals surface area contributed by atoms with Crippen LogP contribution in [0.5, 0.6) is 0 Å². The summed E-state index contributed by atoms with van der Waals surface area (Å²) in [6, 6.07) is -0.178. The summed E-state index contributed by atoms with van der Waals surface area (Å²) in [5.41, 5.74) is 0. The number of amides is 2. The third kappa shape index (κ3) is 7.96. The third-order valence-corrected chi connectivity index (χ3v) is 3.39. The number of nitrogens with zero attached hydrogens (tertiary/aromatic N) is 1. The molecule has 0 aliphatic carbocycles. The largest absolute Gasteiger partial charge is 0.481 e. The highest BCUT2D eigenvalue weighted by Gasteiger charge is 2.10. The Labute approximate surface area is 120 Å². The average Bonchev–Trinajstić information content (AvgIpc) is 2.44. The zero-order valence-corrected chi connectivity index (χ0v) is 12.2. The molecule has 1 aliphatic rings. The van der Waals surface area contributed by atoms with Gasteiger partial charge in [-0.05, 0) is 12.3 Å². The van der Waals surface area contributed by atoms with Crippen molar-refractivity contribution in [1.29, 1.82) is 0 Å². The summed E-state index contributed by atoms with van der Waals surface area (Å²) >= 11 is 0. The fourth-order valence-electron chi connectivity index (χ4n) is 2.06. The number of rotatable bonds is 8. The van der Waals surface area contributed by atoms with Gasteiger partial charge in [-0.15, -0.1) is 0 Å². The molecule has 1 fully saturated rings. The molecule has 116 valence electrons. The standard InChI is InChI=1S/C13H26N4O3/c1-11(2-3-12(18)19)10-16-13(20)15-6-9-17-7-4-14-5-8-17/h11,14H,2-10H2,1H3,(H,18,19)(H2,15,16,20). The van der Waals surface area contributed by atoms with Gasteiger partial charge < -0.3 is 21.1 Å². The van der Waals surface area contributed by atoms with Crippen LogP contribution in [0.4, 0.5) is 4.79 Å². The first-order valence-electron chi connectivity index (χ1n) is 7.24. The quantitative estimate of drug-likeness (QED) is 0.491. The predicted molar refractivity (Wildman–Crippen MR) is 76.7 cm³/mol. The Hall–Kier alpha value is -1.34. The van der Waals surface area contributed by atoms with Gasteiger partial charge in [-0.25, -0.2) is 4.79 Å². The Balaban J connectivity index is 2.00. The Morgan fingerprint density at radius 2 is 2.00 bits per heavy atom. The van der Waals surface area contributed by atoms with E-state index < -0.39 is 5.97 Å². The van der Waals surface area contributed by atoms with E-state index in [1.165, 1.54) is 0 Å². The summed E-state index contributed by atoms with van der Waals surface area (Å²) in [5, 5.41) is 17.4. The van der Waals surface area contributed by atoms with E-state index in [-0.39, 0.29) is 18.4 Å². The molecule has 2 amide bonds. The first-order valence-corrected chi connectivity index (χ1v) is 7.24. The maximum atomic E-state index is 11.6. The molecule has 0 radical (unpaired) electrons. The molecule has 0 aromatic heterocycles. The first kappa shape index (κ1) is 16.7. The van der Waals surface area contributed by atoms with Crippen LogP contribution in [0.2, 0.25) is 0 Å². The maximum Gasteiger partial charge on any atom is 0.314 e. The fraction of sp³-hybridized carbons (Fsp3) is 0.846. The molecule has 1 rings (SSSR count). The van der Waals surface area contributed by atoms with E-state index in [1.54, 1.807) is 0 Å². The highest BCUT2D eigenvalue weighted by Crippen LogP contribution is 2.03. The number of nitrogens with one attached hydrogen (secondary N) is 3. The van der Waals surface area contributed by atoms with Crippen LogP contribution in [0.1, 0.15) is 19.8 Å². The lowest BCUT2D eigenvalue weighted by Gasteiger charge is -2.27. The van der Waals surface area contributed by atoms with Gasteiger partial charge in [-0.2, -0.15) is 0 Å². The minimum Gasteiger partial charge on any atom is -0.481 e. The molecule has 0 saturated carbocycles. The molecule has 1 aliphatic heterocycles. The number of piperazine rings is 1. The number of carboxylic acid groups (broad SMARTS) is 1. The minimum atomic E-state index is -0.794. The fourth-order valence-corrected chi connectivity index (χ4v) is 2.06. The topological polar surface area (TPSA) is 93.7 Å². The second-order valence-electron chi connectivity index (χ2n) is 5.27. The van der Waals surface area contributed by atoms with Crippen molar-refractivity contribution in [2.75, 3.05) is 45.8 Å². The van der Waals surface area contributed by atoms with E-state index in [1.807, 2.05) is 6.92 Å². The van der Waals surface area contributed by atoms with Gasteiger partial charge >= 0.3 is 12.0 Å². The summed E-state index contributed by atoms with van der Waals surface area (Å²) in [7, 11) is 0. The van der Waals surface area contributed by atoms with Crippen LogP contribution in [0.3, 0.4) is 0 Å². The van der Waals surface area contributed by atoms with Gasteiger partial charge in [0, 0.05) is 52.2 Å². The Kier molecular flexibility index (Phi) is 7.98. The molecule has 1 atom stereocenters. The van der Waals surface area contributed by atoms with Crippen molar-refractivity contribution in [2.24, 2.45) is 5.92 Å². The molecular formula is C13H26N4O3. The molecule has 1 unspecified atom stereocenters. The lowest BCUT2D eigenvalue weighted by molar-refractivity contribution is -0.137. The van der Waals surface area contributed by atoms with Crippen molar-refractivity contribution in [2.45, 2.75) is 19.8 Å². The van der Waals surface area contributed by atoms with Crippen LogP contribution in [0, 0.1) is 5.92 Å². The summed E-state index contributed by atoms with van der Waals surface area (Å²) in [6.45, 7) is 8.00. The molecule has 0 spiro atoms. The maximum absolute atomic E-state index is 11.6. The van der Waals surface area contributed by atoms with Gasteiger partial charge in [0.25, 0.3) is 0 Å². The molecule has 7 heteroatoms. The zero-order chi connectivity index (χ0) is 14.8. The summed E-state index contributed by atoms with van der Waals surface area (Å²) in [5.74, 6) is -0.623. The minimum absolute atomic E-state index is 0.146. The van der Waals surface area contributed by atoms with Gasteiger partial charge in [-0.3, -0.25) is 9.69 Å². The molecule has 0 aromatic rings. The van der Waals surface area contributed by atoms with Crippen molar-refractivity contribution in [3.8, 4) is 0 Å². The number of urea groups is 1. The SMILES string of the molecule is CC(CCC(=O)O)CNC(=O)NCCN1CCNCC1. The normalized spacial score (nSPS) is 17.4. The number of aliphatic carboxylic acids is 1. The molecule has 4 N–H and O–H groups in total. The number of hydrogen-bond acceptors (Lipinski definition) is 4. The molecular weight excluding hydrogens is 260 g/mol. The van der Waals surface area contributed by atoms with Crippen LogP contribution in [-0.2, 0) is 4.79 Å². The van der Waals surface area contributed by atoms with E-state index in [9.17, 15) is 9.59 Å². The van der Waals surface area contributed by atoms with Crippen LogP contribution in [0.15, 0.2) is 0 Å². The molecule has 1 heterocycles. The van der Waals surface area contributed by atoms with Crippen LogP contribution >= 0.6 is 0 Å². The summed E-state index contributed by atoms with van der Waals surface area (Å²) in [4.78, 5) is 24.3. The Morgan fingerprint density at radius 1 is 1.30 bits per heavy atom. The first-order chi connectivity index (χ1) is 9.58. The van der Waals surface area contributed by atoms with E-state index in [2.05, 4.69) is 20.9 Å². The van der Waals surface area contributed by atoms with Gasteiger partial charge in [0.2, 0.25) is 0 Å². The second kappa shape index (κ2) is 9.55. The molecule has 0 aromatic carbocycles. The monoisotopic (exact) mass is 286 g/mol. The van der Waals surface area contributed by atoms with Crippen LogP contribution < -0.4 is 16.0 Å². The number of carbonyl (C=O) groups is 2. The van der Waals surface area contributed by atoms with Crippen molar-refractivity contribution in [1.82, 2.24) is 20.9 Å². The summed E-state index contributed by atoms with van der Waals surface area (Å²) in [6.07, 6.45) is 0.726. The van der Waals surface area contributed by atoms with Crippen molar-refractivity contribution in [3.05, 3.63) is 0 Å². The lowest BCUT2D eigenvalue weighted by atomic mass is 10.1. The lowest BCUT2D eigenvalue weighted by Crippen LogP contribution is -2.47. The van der Waals surface area contributed by atoms with E-state index >= 15 is 0 Å². The van der Waals surface area contributed by atoms with Crippen molar-refractivity contribution in [3.63, 3.8) is 0 Å². The van der Waals surface area contributed by atoms with Gasteiger partial charge in [0.05, 0.1) is 0 Å². The molecule has 7 nitrogen and oxygen atoms in total. The summed E-state index contributed by atoms with van der Waals surface area (Å²) < 4.78 is 0. The highest BCUT2D eigenvalue weighted by atomic mass is 16.4. The van der Waals surface area contributed by atoms with Crippen molar-refractivity contribution >= 4 is 12.0 Å². The van der Waals surface area contributed by atoms with Gasteiger partial charge in [0.1, 0.15) is 0 Å². The molecule has 20 heavy (non-hydrogen) atoms. The molecule has 0 bridgehead atoms. The Bertz CT molecular complexity index is 306. The van der Waals surface area contributed by atoms with E-state index in [0.29, 0.717) is 19.5 Å². The van der Waals surface area contributed by atoms with Crippen LogP contribution in [-0.4, -0.2) is 67.8 Å². The smallest absolute Gasteiger partial charge is 0.314 e. The van der Waals surface area contributed by atoms with Crippen molar-refractivity contribution < 1.29 is 14.7 Å².